The number of benzene rings is 2. The SMILES string of the molecule is COC(=O)c1c(CNNc2ccccc2)cccc1Oc1nc(OC)cc(OC)n1. The second-order valence-electron chi connectivity index (χ2n) is 5.96. The van der Waals surface area contributed by atoms with E-state index in [1.165, 1.54) is 27.4 Å². The van der Waals surface area contributed by atoms with Crippen LogP contribution < -0.4 is 25.1 Å². The standard InChI is InChI=1S/C21H22N4O5/c1-27-17-12-18(28-2)24-21(23-17)30-16-11-7-8-14(19(16)20(26)29-3)13-22-25-15-9-5-4-6-10-15/h4-12,22,25H,13H2,1-3H3. The fourth-order valence-corrected chi connectivity index (χ4v) is 2.64. The maximum Gasteiger partial charge on any atom is 0.342 e. The molecule has 3 aromatic rings. The molecule has 156 valence electrons. The van der Waals surface area contributed by atoms with E-state index in [1.807, 2.05) is 30.3 Å². The number of ether oxygens (including phenoxy) is 4. The van der Waals surface area contributed by atoms with Crippen LogP contribution in [-0.4, -0.2) is 37.3 Å². The van der Waals surface area contributed by atoms with Gasteiger partial charge in [0.15, 0.2) is 0 Å². The Morgan fingerprint density at radius 1 is 0.933 bits per heavy atom. The van der Waals surface area contributed by atoms with E-state index in [9.17, 15) is 4.79 Å². The van der Waals surface area contributed by atoms with Gasteiger partial charge in [-0.2, -0.15) is 9.97 Å². The van der Waals surface area contributed by atoms with Gasteiger partial charge in [0.1, 0.15) is 11.3 Å². The molecule has 9 nitrogen and oxygen atoms in total. The van der Waals surface area contributed by atoms with Crippen LogP contribution in [0.2, 0.25) is 0 Å². The van der Waals surface area contributed by atoms with Crippen LogP contribution in [0.4, 0.5) is 5.69 Å². The van der Waals surface area contributed by atoms with Gasteiger partial charge in [-0.15, -0.1) is 0 Å². The molecule has 2 aromatic carbocycles. The summed E-state index contributed by atoms with van der Waals surface area (Å²) in [5.74, 6) is 0.232. The molecule has 1 heterocycles. The van der Waals surface area contributed by atoms with E-state index in [-0.39, 0.29) is 29.1 Å². The number of aromatic nitrogens is 2. The van der Waals surface area contributed by atoms with Gasteiger partial charge >= 0.3 is 12.0 Å². The van der Waals surface area contributed by atoms with E-state index in [4.69, 9.17) is 18.9 Å². The van der Waals surface area contributed by atoms with Gasteiger partial charge in [0, 0.05) is 12.2 Å². The van der Waals surface area contributed by atoms with Gasteiger partial charge in [-0.1, -0.05) is 30.3 Å². The van der Waals surface area contributed by atoms with E-state index in [0.717, 1.165) is 5.69 Å². The molecule has 0 aliphatic carbocycles. The highest BCUT2D eigenvalue weighted by Crippen LogP contribution is 2.29. The van der Waals surface area contributed by atoms with Crippen LogP contribution >= 0.6 is 0 Å². The molecule has 3 rings (SSSR count). The van der Waals surface area contributed by atoms with Crippen molar-refractivity contribution in [2.24, 2.45) is 0 Å². The van der Waals surface area contributed by atoms with Gasteiger partial charge in [-0.3, -0.25) is 0 Å². The first-order valence-electron chi connectivity index (χ1n) is 9.03. The number of rotatable bonds is 9. The third-order valence-electron chi connectivity index (χ3n) is 4.07. The zero-order valence-corrected chi connectivity index (χ0v) is 16.8. The molecule has 0 saturated carbocycles. The van der Waals surface area contributed by atoms with Gasteiger partial charge in [0.25, 0.3) is 0 Å². The largest absolute Gasteiger partial charge is 0.481 e. The first-order valence-corrected chi connectivity index (χ1v) is 9.03. The molecule has 0 radical (unpaired) electrons. The number of carbonyl (C=O) groups is 1. The Hall–Kier alpha value is -3.85. The Labute approximate surface area is 173 Å². The minimum atomic E-state index is -0.544. The fraction of sp³-hybridized carbons (Fsp3) is 0.190. The topological polar surface area (TPSA) is 104 Å². The van der Waals surface area contributed by atoms with Gasteiger partial charge in [0.05, 0.1) is 27.4 Å². The van der Waals surface area contributed by atoms with Gasteiger partial charge < -0.3 is 24.4 Å². The summed E-state index contributed by atoms with van der Waals surface area (Å²) in [7, 11) is 4.25. The number of methoxy groups -OCH3 is 3. The van der Waals surface area contributed by atoms with Crippen LogP contribution in [-0.2, 0) is 11.3 Å². The second kappa shape index (κ2) is 10.1. The summed E-state index contributed by atoms with van der Waals surface area (Å²) in [6.07, 6.45) is 0. The molecular weight excluding hydrogens is 388 g/mol. The molecule has 0 aliphatic heterocycles. The van der Waals surface area contributed by atoms with Crippen molar-refractivity contribution in [3.05, 3.63) is 65.7 Å². The number of nitrogens with zero attached hydrogens (tertiary/aromatic N) is 2. The molecular formula is C21H22N4O5. The summed E-state index contributed by atoms with van der Waals surface area (Å²) in [6.45, 7) is 0.332. The number of esters is 1. The summed E-state index contributed by atoms with van der Waals surface area (Å²) in [5, 5.41) is 0. The molecule has 1 aromatic heterocycles. The summed E-state index contributed by atoms with van der Waals surface area (Å²) in [4.78, 5) is 20.8. The van der Waals surface area contributed by atoms with Crippen LogP contribution in [0, 0.1) is 0 Å². The highest BCUT2D eigenvalue weighted by atomic mass is 16.5. The molecule has 0 saturated heterocycles. The molecule has 0 aliphatic rings. The minimum Gasteiger partial charge on any atom is -0.481 e. The maximum absolute atomic E-state index is 12.5. The van der Waals surface area contributed by atoms with E-state index in [2.05, 4.69) is 20.8 Å². The summed E-state index contributed by atoms with van der Waals surface area (Å²) >= 11 is 0. The molecule has 0 atom stereocenters. The molecule has 0 bridgehead atoms. The Kier molecular flexibility index (Phi) is 7.01. The van der Waals surface area contributed by atoms with Crippen LogP contribution in [0.1, 0.15) is 15.9 Å². The number of para-hydroxylation sites is 1. The zero-order valence-electron chi connectivity index (χ0n) is 16.8. The quantitative estimate of drug-likeness (QED) is 0.406. The van der Waals surface area contributed by atoms with Crippen molar-refractivity contribution in [3.63, 3.8) is 0 Å². The normalized spacial score (nSPS) is 10.2. The lowest BCUT2D eigenvalue weighted by Crippen LogP contribution is -2.22. The van der Waals surface area contributed by atoms with Crippen LogP contribution in [0.15, 0.2) is 54.6 Å². The molecule has 0 fully saturated rings. The second-order valence-corrected chi connectivity index (χ2v) is 5.96. The van der Waals surface area contributed by atoms with Gasteiger partial charge in [-0.25, -0.2) is 10.2 Å². The van der Waals surface area contributed by atoms with Crippen LogP contribution in [0.5, 0.6) is 23.5 Å². The first kappa shape index (κ1) is 20.9. The first-order chi connectivity index (χ1) is 14.6. The summed E-state index contributed by atoms with van der Waals surface area (Å²) in [5.41, 5.74) is 7.97. The number of hydrogen-bond donors (Lipinski definition) is 2. The lowest BCUT2D eigenvalue weighted by atomic mass is 10.1. The number of hydrogen-bond acceptors (Lipinski definition) is 9. The van der Waals surface area contributed by atoms with Gasteiger partial charge in [0.2, 0.25) is 11.8 Å². The Morgan fingerprint density at radius 2 is 1.63 bits per heavy atom. The predicted molar refractivity (Wildman–Crippen MR) is 110 cm³/mol. The lowest BCUT2D eigenvalue weighted by molar-refractivity contribution is 0.0596. The Morgan fingerprint density at radius 3 is 2.27 bits per heavy atom. The van der Waals surface area contributed by atoms with Crippen LogP contribution in [0.3, 0.4) is 0 Å². The number of hydrazine groups is 1. The van der Waals surface area contributed by atoms with E-state index < -0.39 is 5.97 Å². The predicted octanol–water partition coefficient (Wildman–Crippen LogP) is 3.19. The molecule has 0 amide bonds. The van der Waals surface area contributed by atoms with Crippen molar-refractivity contribution in [2.75, 3.05) is 26.8 Å². The van der Waals surface area contributed by atoms with Crippen LogP contribution in [0.25, 0.3) is 0 Å². The Balaban J connectivity index is 1.85. The van der Waals surface area contributed by atoms with Crippen molar-refractivity contribution < 1.29 is 23.7 Å². The highest BCUT2D eigenvalue weighted by Gasteiger charge is 2.20. The summed E-state index contributed by atoms with van der Waals surface area (Å²) < 4.78 is 21.0. The van der Waals surface area contributed by atoms with E-state index in [1.54, 1.807) is 18.2 Å². The third-order valence-corrected chi connectivity index (χ3v) is 4.07. The maximum atomic E-state index is 12.5. The molecule has 0 spiro atoms. The molecule has 0 unspecified atom stereocenters. The average molecular weight is 410 g/mol. The van der Waals surface area contributed by atoms with E-state index >= 15 is 0 Å². The number of carbonyl (C=O) groups excluding carboxylic acids is 1. The van der Waals surface area contributed by atoms with Crippen molar-refractivity contribution in [3.8, 4) is 23.5 Å². The molecule has 30 heavy (non-hydrogen) atoms. The van der Waals surface area contributed by atoms with Crippen molar-refractivity contribution >= 4 is 11.7 Å². The van der Waals surface area contributed by atoms with Crippen molar-refractivity contribution in [1.29, 1.82) is 0 Å². The fourth-order valence-electron chi connectivity index (χ4n) is 2.64. The smallest absolute Gasteiger partial charge is 0.342 e. The zero-order chi connectivity index (χ0) is 21.3. The Bertz CT molecular complexity index is 976. The third kappa shape index (κ3) is 5.15. The average Bonchev–Trinajstić information content (AvgIpc) is 2.79. The molecule has 2 N–H and O–H groups in total. The van der Waals surface area contributed by atoms with Crippen molar-refractivity contribution in [1.82, 2.24) is 15.4 Å². The van der Waals surface area contributed by atoms with E-state index in [0.29, 0.717) is 12.1 Å². The number of nitrogens with one attached hydrogen (secondary N) is 2. The van der Waals surface area contributed by atoms with Gasteiger partial charge in [-0.05, 0) is 23.8 Å². The highest BCUT2D eigenvalue weighted by molar-refractivity contribution is 5.94. The molecule has 9 heteroatoms. The lowest BCUT2D eigenvalue weighted by Gasteiger charge is -2.15. The van der Waals surface area contributed by atoms with Crippen molar-refractivity contribution in [2.45, 2.75) is 6.54 Å². The number of anilines is 1. The summed E-state index contributed by atoms with van der Waals surface area (Å²) in [6, 6.07) is 16.3. The minimum absolute atomic E-state index is 0.0242. The monoisotopic (exact) mass is 410 g/mol.